The zero-order valence-electron chi connectivity index (χ0n) is 11.5. The van der Waals surface area contributed by atoms with Crippen LogP contribution in [0.2, 0.25) is 0 Å². The lowest BCUT2D eigenvalue weighted by molar-refractivity contribution is 0.625. The maximum atomic E-state index is 3.65. The van der Waals surface area contributed by atoms with Crippen molar-refractivity contribution >= 4 is 11.3 Å². The van der Waals surface area contributed by atoms with E-state index in [1.165, 1.54) is 19.3 Å². The molecule has 2 heteroatoms. The lowest BCUT2D eigenvalue weighted by atomic mass is 9.96. The van der Waals surface area contributed by atoms with Crippen molar-refractivity contribution in [2.45, 2.75) is 65.5 Å². The molecule has 17 heavy (non-hydrogen) atoms. The van der Waals surface area contributed by atoms with Gasteiger partial charge < -0.3 is 5.32 Å². The monoisotopic (exact) mass is 251 g/mol. The largest absolute Gasteiger partial charge is 0.310 e. The highest BCUT2D eigenvalue weighted by Crippen LogP contribution is 2.32. The Balaban J connectivity index is 2.11. The minimum atomic E-state index is 0.670. The van der Waals surface area contributed by atoms with Crippen molar-refractivity contribution in [1.29, 1.82) is 0 Å². The minimum Gasteiger partial charge on any atom is -0.310 e. The standard InChI is InChI=1S/C15H25NS/c1-10(2)7-14-12(8-16-13-5-6-13)9-17-15(14)11(3)4/h9-11,13,16H,5-8H2,1-4H3. The molecule has 1 aliphatic rings. The van der Waals surface area contributed by atoms with Gasteiger partial charge in [-0.1, -0.05) is 27.7 Å². The lowest BCUT2D eigenvalue weighted by Crippen LogP contribution is -2.16. The summed E-state index contributed by atoms with van der Waals surface area (Å²) in [4.78, 5) is 1.60. The molecule has 0 aliphatic heterocycles. The third-order valence-electron chi connectivity index (χ3n) is 3.31. The molecule has 1 aromatic heterocycles. The summed E-state index contributed by atoms with van der Waals surface area (Å²) in [6.45, 7) is 10.3. The fraction of sp³-hybridized carbons (Fsp3) is 0.733. The number of rotatable bonds is 6. The molecule has 2 rings (SSSR count). The van der Waals surface area contributed by atoms with Crippen LogP contribution in [0.5, 0.6) is 0 Å². The molecule has 0 spiro atoms. The molecule has 1 N–H and O–H groups in total. The van der Waals surface area contributed by atoms with E-state index < -0.39 is 0 Å². The first kappa shape index (κ1) is 13.1. The summed E-state index contributed by atoms with van der Waals surface area (Å²) in [5.41, 5.74) is 3.19. The minimum absolute atomic E-state index is 0.670. The van der Waals surface area contributed by atoms with Gasteiger partial charge in [-0.3, -0.25) is 0 Å². The molecule has 1 aromatic rings. The number of hydrogen-bond acceptors (Lipinski definition) is 2. The zero-order valence-corrected chi connectivity index (χ0v) is 12.4. The van der Waals surface area contributed by atoms with Crippen molar-refractivity contribution in [3.63, 3.8) is 0 Å². The van der Waals surface area contributed by atoms with Crippen molar-refractivity contribution in [1.82, 2.24) is 5.32 Å². The van der Waals surface area contributed by atoms with Crippen molar-refractivity contribution in [3.8, 4) is 0 Å². The van der Waals surface area contributed by atoms with Gasteiger partial charge in [0.15, 0.2) is 0 Å². The molecule has 0 aromatic carbocycles. The van der Waals surface area contributed by atoms with Gasteiger partial charge in [-0.05, 0) is 47.6 Å². The van der Waals surface area contributed by atoms with Crippen LogP contribution in [0.15, 0.2) is 5.38 Å². The van der Waals surface area contributed by atoms with Crippen LogP contribution in [0.25, 0.3) is 0 Å². The van der Waals surface area contributed by atoms with Crippen LogP contribution in [0.4, 0.5) is 0 Å². The van der Waals surface area contributed by atoms with Gasteiger partial charge >= 0.3 is 0 Å². The number of hydrogen-bond donors (Lipinski definition) is 1. The van der Waals surface area contributed by atoms with Crippen molar-refractivity contribution in [2.24, 2.45) is 5.92 Å². The van der Waals surface area contributed by atoms with Gasteiger partial charge in [-0.25, -0.2) is 0 Å². The molecule has 1 saturated carbocycles. The first-order chi connectivity index (χ1) is 8.08. The fourth-order valence-electron chi connectivity index (χ4n) is 2.25. The molecule has 0 unspecified atom stereocenters. The van der Waals surface area contributed by atoms with Gasteiger partial charge in [0, 0.05) is 17.5 Å². The maximum absolute atomic E-state index is 3.65. The first-order valence-electron chi connectivity index (χ1n) is 6.90. The van der Waals surface area contributed by atoms with E-state index in [4.69, 9.17) is 0 Å². The maximum Gasteiger partial charge on any atom is 0.0219 e. The Hall–Kier alpha value is -0.340. The summed E-state index contributed by atoms with van der Waals surface area (Å²) >= 11 is 1.96. The fourth-order valence-corrected chi connectivity index (χ4v) is 3.37. The zero-order chi connectivity index (χ0) is 12.4. The molecule has 96 valence electrons. The van der Waals surface area contributed by atoms with Crippen LogP contribution < -0.4 is 5.32 Å². The van der Waals surface area contributed by atoms with Gasteiger partial charge in [0.05, 0.1) is 0 Å². The Kier molecular flexibility index (Phi) is 4.26. The highest BCUT2D eigenvalue weighted by Gasteiger charge is 2.22. The molecular formula is C15H25NS. The summed E-state index contributed by atoms with van der Waals surface area (Å²) < 4.78 is 0. The molecule has 0 amide bonds. The predicted molar refractivity (Wildman–Crippen MR) is 76.8 cm³/mol. The molecule has 0 saturated heterocycles. The van der Waals surface area contributed by atoms with E-state index in [2.05, 4.69) is 38.4 Å². The van der Waals surface area contributed by atoms with Gasteiger partial charge in [-0.15, -0.1) is 11.3 Å². The van der Waals surface area contributed by atoms with E-state index in [9.17, 15) is 0 Å². The highest BCUT2D eigenvalue weighted by molar-refractivity contribution is 7.10. The third kappa shape index (κ3) is 3.56. The smallest absolute Gasteiger partial charge is 0.0219 e. The molecule has 1 heterocycles. The van der Waals surface area contributed by atoms with E-state index in [0.717, 1.165) is 18.5 Å². The molecule has 0 radical (unpaired) electrons. The summed E-state index contributed by atoms with van der Waals surface area (Å²) in [7, 11) is 0. The topological polar surface area (TPSA) is 12.0 Å². The number of thiophene rings is 1. The van der Waals surface area contributed by atoms with Crippen LogP contribution in [0.1, 0.15) is 62.5 Å². The van der Waals surface area contributed by atoms with Crippen molar-refractivity contribution in [2.75, 3.05) is 0 Å². The van der Waals surface area contributed by atoms with Gasteiger partial charge in [0.1, 0.15) is 0 Å². The molecule has 1 aliphatic carbocycles. The van der Waals surface area contributed by atoms with Crippen molar-refractivity contribution in [3.05, 3.63) is 21.4 Å². The quantitative estimate of drug-likeness (QED) is 0.794. The van der Waals surface area contributed by atoms with Crippen LogP contribution in [-0.4, -0.2) is 6.04 Å². The second-order valence-electron chi connectivity index (χ2n) is 6.01. The van der Waals surface area contributed by atoms with Gasteiger partial charge in [0.25, 0.3) is 0 Å². The average molecular weight is 251 g/mol. The normalized spacial score (nSPS) is 16.1. The van der Waals surface area contributed by atoms with Crippen LogP contribution in [0, 0.1) is 5.92 Å². The first-order valence-corrected chi connectivity index (χ1v) is 7.78. The van der Waals surface area contributed by atoms with Gasteiger partial charge in [0.2, 0.25) is 0 Å². The summed E-state index contributed by atoms with van der Waals surface area (Å²) in [5.74, 6) is 1.42. The molecule has 0 atom stereocenters. The Morgan fingerprint density at radius 1 is 1.29 bits per heavy atom. The predicted octanol–water partition coefficient (Wildman–Crippen LogP) is 4.32. The summed E-state index contributed by atoms with van der Waals surface area (Å²) in [6, 6.07) is 0.810. The number of nitrogens with one attached hydrogen (secondary N) is 1. The van der Waals surface area contributed by atoms with Crippen LogP contribution in [0.3, 0.4) is 0 Å². The van der Waals surface area contributed by atoms with Crippen LogP contribution in [-0.2, 0) is 13.0 Å². The summed E-state index contributed by atoms with van der Waals surface area (Å²) in [5, 5.41) is 6.02. The Labute approximate surface area is 110 Å². The van der Waals surface area contributed by atoms with E-state index in [1.54, 1.807) is 16.0 Å². The Morgan fingerprint density at radius 2 is 2.00 bits per heavy atom. The lowest BCUT2D eigenvalue weighted by Gasteiger charge is -2.12. The second-order valence-corrected chi connectivity index (χ2v) is 6.92. The van der Waals surface area contributed by atoms with E-state index in [1.807, 2.05) is 11.3 Å². The molecule has 1 nitrogen and oxygen atoms in total. The third-order valence-corrected chi connectivity index (χ3v) is 4.68. The van der Waals surface area contributed by atoms with E-state index in [0.29, 0.717) is 5.92 Å². The second kappa shape index (κ2) is 5.53. The molecule has 1 fully saturated rings. The molecular weight excluding hydrogens is 226 g/mol. The average Bonchev–Trinajstić information content (AvgIpc) is 2.98. The van der Waals surface area contributed by atoms with Gasteiger partial charge in [-0.2, -0.15) is 0 Å². The highest BCUT2D eigenvalue weighted by atomic mass is 32.1. The van der Waals surface area contributed by atoms with Crippen molar-refractivity contribution < 1.29 is 0 Å². The summed E-state index contributed by atoms with van der Waals surface area (Å²) in [6.07, 6.45) is 3.99. The molecule has 0 bridgehead atoms. The van der Waals surface area contributed by atoms with Crippen LogP contribution >= 0.6 is 11.3 Å². The Morgan fingerprint density at radius 3 is 2.53 bits per heavy atom. The Bertz CT molecular complexity index is 361. The van der Waals surface area contributed by atoms with E-state index in [-0.39, 0.29) is 0 Å². The van der Waals surface area contributed by atoms with E-state index >= 15 is 0 Å². The SMILES string of the molecule is CC(C)Cc1c(CNC2CC2)csc1C(C)C.